The van der Waals surface area contributed by atoms with Crippen molar-refractivity contribution in [2.24, 2.45) is 5.41 Å². The van der Waals surface area contributed by atoms with Gasteiger partial charge in [0.25, 0.3) is 0 Å². The van der Waals surface area contributed by atoms with Crippen molar-refractivity contribution in [3.05, 3.63) is 102 Å². The number of hydrogen-bond donors (Lipinski definition) is 2. The van der Waals surface area contributed by atoms with Gasteiger partial charge >= 0.3 is 0 Å². The Morgan fingerprint density at radius 1 is 0.719 bits per heavy atom. The molecule has 4 nitrogen and oxygen atoms in total. The van der Waals surface area contributed by atoms with Crippen LogP contribution in [0.15, 0.2) is 96.8 Å². The van der Waals surface area contributed by atoms with Crippen LogP contribution in [0.1, 0.15) is 32.8 Å². The van der Waals surface area contributed by atoms with E-state index in [9.17, 15) is 0 Å². The van der Waals surface area contributed by atoms with Crippen LogP contribution in [-0.4, -0.2) is 0 Å². The summed E-state index contributed by atoms with van der Waals surface area (Å²) in [6.07, 6.45) is 7.37. The van der Waals surface area contributed by atoms with Gasteiger partial charge in [0.15, 0.2) is 0 Å². The quantitative estimate of drug-likeness (QED) is 0.423. The van der Waals surface area contributed by atoms with Gasteiger partial charge in [-0.1, -0.05) is 39.0 Å². The molecule has 4 heteroatoms. The van der Waals surface area contributed by atoms with Gasteiger partial charge in [0.2, 0.25) is 0 Å². The Morgan fingerprint density at radius 3 is 1.66 bits per heavy atom. The van der Waals surface area contributed by atoms with E-state index in [1.807, 2.05) is 60.7 Å². The van der Waals surface area contributed by atoms with Gasteiger partial charge in [-0.2, -0.15) is 0 Å². The lowest BCUT2D eigenvalue weighted by molar-refractivity contribution is 0.234. The first-order valence-corrected chi connectivity index (χ1v) is 10.8. The van der Waals surface area contributed by atoms with E-state index in [2.05, 4.69) is 51.1 Å². The van der Waals surface area contributed by atoms with Crippen molar-refractivity contribution in [3.63, 3.8) is 0 Å². The van der Waals surface area contributed by atoms with Crippen LogP contribution in [0.3, 0.4) is 0 Å². The molecular formula is C28H30N2O2. The molecule has 0 amide bonds. The van der Waals surface area contributed by atoms with Crippen LogP contribution >= 0.6 is 0 Å². The maximum absolute atomic E-state index is 6.00. The lowest BCUT2D eigenvalue weighted by Gasteiger charge is -2.44. The Hall–Kier alpha value is -3.66. The number of nitrogen functional groups attached to an aromatic ring is 2. The zero-order valence-electron chi connectivity index (χ0n) is 18.8. The van der Waals surface area contributed by atoms with Crippen LogP contribution in [0.4, 0.5) is 11.4 Å². The Kier molecular flexibility index (Phi) is 5.70. The predicted octanol–water partition coefficient (Wildman–Crippen LogP) is 6.85. The van der Waals surface area contributed by atoms with Crippen LogP contribution < -0.4 is 20.9 Å². The van der Waals surface area contributed by atoms with E-state index >= 15 is 0 Å². The molecule has 0 fully saturated rings. The van der Waals surface area contributed by atoms with Gasteiger partial charge in [0, 0.05) is 11.4 Å². The normalized spacial score (nSPS) is 18.2. The van der Waals surface area contributed by atoms with Crippen LogP contribution in [0.2, 0.25) is 0 Å². The lowest BCUT2D eigenvalue weighted by Crippen LogP contribution is -2.38. The molecule has 3 aromatic rings. The summed E-state index contributed by atoms with van der Waals surface area (Å²) in [5.41, 5.74) is 14.1. The van der Waals surface area contributed by atoms with E-state index in [1.54, 1.807) is 0 Å². The van der Waals surface area contributed by atoms with Gasteiger partial charge in [0.05, 0.1) is 0 Å². The molecule has 1 atom stereocenters. The molecule has 4 N–H and O–H groups in total. The van der Waals surface area contributed by atoms with Crippen molar-refractivity contribution in [2.45, 2.75) is 32.6 Å². The number of ether oxygens (including phenoxy) is 2. The fourth-order valence-corrected chi connectivity index (χ4v) is 3.87. The fraction of sp³-hybridized carbons (Fsp3) is 0.214. The van der Waals surface area contributed by atoms with E-state index in [4.69, 9.17) is 20.9 Å². The van der Waals surface area contributed by atoms with Gasteiger partial charge < -0.3 is 20.9 Å². The summed E-state index contributed by atoms with van der Waals surface area (Å²) in [4.78, 5) is 0. The SMILES string of the molecule is CC1(C(C)(C)c2ccc(Oc3ccc(N)cc3)cc2)C=CC(Oc2ccc(N)cc2)=CC1. The molecule has 0 heterocycles. The third kappa shape index (κ3) is 4.50. The summed E-state index contributed by atoms with van der Waals surface area (Å²) in [6, 6.07) is 23.2. The molecular weight excluding hydrogens is 396 g/mol. The second-order valence-electron chi connectivity index (χ2n) is 9.05. The summed E-state index contributed by atoms with van der Waals surface area (Å²) in [7, 11) is 0. The first kappa shape index (κ1) is 21.6. The molecule has 0 radical (unpaired) electrons. The molecule has 0 saturated heterocycles. The predicted molar refractivity (Wildman–Crippen MR) is 132 cm³/mol. The number of allylic oxidation sites excluding steroid dienone is 3. The molecule has 0 spiro atoms. The highest BCUT2D eigenvalue weighted by atomic mass is 16.5. The van der Waals surface area contributed by atoms with Gasteiger partial charge in [-0.05, 0) is 95.6 Å². The minimum Gasteiger partial charge on any atom is -0.458 e. The first-order valence-electron chi connectivity index (χ1n) is 10.8. The Bertz CT molecular complexity index is 1130. The molecule has 32 heavy (non-hydrogen) atoms. The molecule has 4 rings (SSSR count). The Labute approximate surface area is 190 Å². The number of hydrogen-bond acceptors (Lipinski definition) is 4. The number of nitrogens with two attached hydrogens (primary N) is 2. The average molecular weight is 427 g/mol. The average Bonchev–Trinajstić information content (AvgIpc) is 2.79. The van der Waals surface area contributed by atoms with Crippen LogP contribution in [0, 0.1) is 5.41 Å². The lowest BCUT2D eigenvalue weighted by atomic mass is 9.60. The first-order chi connectivity index (χ1) is 15.2. The Morgan fingerprint density at radius 2 is 1.19 bits per heavy atom. The minimum absolute atomic E-state index is 0.0553. The topological polar surface area (TPSA) is 70.5 Å². The molecule has 0 saturated carbocycles. The zero-order chi connectivity index (χ0) is 22.8. The van der Waals surface area contributed by atoms with Crippen molar-refractivity contribution in [1.29, 1.82) is 0 Å². The van der Waals surface area contributed by atoms with Crippen molar-refractivity contribution in [2.75, 3.05) is 11.5 Å². The van der Waals surface area contributed by atoms with E-state index in [0.717, 1.165) is 40.8 Å². The van der Waals surface area contributed by atoms with Crippen LogP contribution in [0.5, 0.6) is 17.2 Å². The highest BCUT2D eigenvalue weighted by Gasteiger charge is 2.40. The van der Waals surface area contributed by atoms with Gasteiger partial charge in [0.1, 0.15) is 23.0 Å². The third-order valence-electron chi connectivity index (χ3n) is 6.58. The van der Waals surface area contributed by atoms with Crippen molar-refractivity contribution in [1.82, 2.24) is 0 Å². The zero-order valence-corrected chi connectivity index (χ0v) is 18.8. The van der Waals surface area contributed by atoms with E-state index in [0.29, 0.717) is 0 Å². The molecule has 1 unspecified atom stereocenters. The highest BCUT2D eigenvalue weighted by Crippen LogP contribution is 2.47. The number of benzene rings is 3. The van der Waals surface area contributed by atoms with E-state index in [-0.39, 0.29) is 10.8 Å². The molecule has 0 aromatic heterocycles. The van der Waals surface area contributed by atoms with Gasteiger partial charge in [-0.25, -0.2) is 0 Å². The van der Waals surface area contributed by atoms with Crippen molar-refractivity contribution in [3.8, 4) is 17.2 Å². The summed E-state index contributed by atoms with van der Waals surface area (Å²) in [6.45, 7) is 6.86. The summed E-state index contributed by atoms with van der Waals surface area (Å²) >= 11 is 0. The molecule has 3 aromatic carbocycles. The van der Waals surface area contributed by atoms with Gasteiger partial charge in [-0.3, -0.25) is 0 Å². The minimum atomic E-state index is -0.0908. The smallest absolute Gasteiger partial charge is 0.127 e. The van der Waals surface area contributed by atoms with Gasteiger partial charge in [-0.15, -0.1) is 0 Å². The molecule has 0 aliphatic heterocycles. The second kappa shape index (κ2) is 8.46. The van der Waals surface area contributed by atoms with E-state index in [1.165, 1.54) is 5.56 Å². The Balaban J connectivity index is 1.45. The largest absolute Gasteiger partial charge is 0.458 e. The van der Waals surface area contributed by atoms with Crippen LogP contribution in [0.25, 0.3) is 0 Å². The van der Waals surface area contributed by atoms with Crippen LogP contribution in [-0.2, 0) is 5.41 Å². The monoisotopic (exact) mass is 426 g/mol. The highest BCUT2D eigenvalue weighted by molar-refractivity contribution is 5.45. The molecule has 164 valence electrons. The van der Waals surface area contributed by atoms with E-state index < -0.39 is 0 Å². The van der Waals surface area contributed by atoms with Crippen molar-refractivity contribution < 1.29 is 9.47 Å². The summed E-state index contributed by atoms with van der Waals surface area (Å²) in [5, 5.41) is 0. The molecule has 1 aliphatic carbocycles. The second-order valence-corrected chi connectivity index (χ2v) is 9.05. The van der Waals surface area contributed by atoms with Crippen molar-refractivity contribution >= 4 is 11.4 Å². The fourth-order valence-electron chi connectivity index (χ4n) is 3.87. The standard InChI is InChI=1S/C28H30N2O2/c1-27(2,20-4-10-23(11-5-20)31-24-12-6-21(29)7-13-24)28(3)18-16-26(17-19-28)32-25-14-8-22(30)9-15-25/h4-18H,19,29-30H2,1-3H3. The third-order valence-corrected chi connectivity index (χ3v) is 6.58. The number of rotatable bonds is 6. The molecule has 1 aliphatic rings. The summed E-state index contributed by atoms with van der Waals surface area (Å²) < 4.78 is 11.9. The summed E-state index contributed by atoms with van der Waals surface area (Å²) in [5.74, 6) is 3.22. The number of anilines is 2. The molecule has 0 bridgehead atoms. The maximum atomic E-state index is 6.00. The maximum Gasteiger partial charge on any atom is 0.127 e.